The molecule has 9 heteroatoms. The average molecular weight is 1100 g/mol. The van der Waals surface area contributed by atoms with Gasteiger partial charge in [0, 0.05) is 39.8 Å². The summed E-state index contributed by atoms with van der Waals surface area (Å²) in [5, 5.41) is 19.7. The third-order valence-electron chi connectivity index (χ3n) is 10.7. The van der Waals surface area contributed by atoms with Crippen molar-refractivity contribution in [2.24, 2.45) is 17.8 Å². The minimum atomic E-state index is -1.06. The van der Waals surface area contributed by atoms with E-state index in [-0.39, 0.29) is 39.4 Å². The largest absolute Gasteiger partial charge is 0.499 e. The van der Waals surface area contributed by atoms with Gasteiger partial charge in [0.05, 0.1) is 0 Å². The summed E-state index contributed by atoms with van der Waals surface area (Å²) in [7, 11) is 0. The van der Waals surface area contributed by atoms with Gasteiger partial charge in [-0.2, -0.15) is 11.8 Å². The standard InChI is InChI=1S/C22H40NO5S.C15H32.C14H30O.C2H6.C2H4.W/c1-19(2)13-10-8-6-4-3-5-7-9-11-14-21(25)28-15-12-16-29-17-20(22(26)27)23-18-24;1-4-5-6-7-8-9-10-11-12-13-14-15(2)3;1-14(2)12-10-8-6-4-3-5-7-9-11-13-15;2*1-2;/h12,18-20H,3-11,13-17H2,1-2H3,(H,23,24)(H,26,27);15H,4-14H2,1-3H3;14-15H,3-13H2,1-2H3;1-2H3;1-2H2;/q-1;;;;;. The molecular formula is C55H112NO6SW-. The fraction of sp³-hybridized carbons (Fsp3) is 0.891. The summed E-state index contributed by atoms with van der Waals surface area (Å²) in [5.74, 6) is 2.20. The molecule has 1 amide bonds. The summed E-state index contributed by atoms with van der Waals surface area (Å²) in [5.41, 5.74) is 0. The van der Waals surface area contributed by atoms with E-state index in [2.05, 4.69) is 66.9 Å². The minimum absolute atomic E-state index is 0. The normalized spacial score (nSPS) is 10.8. The van der Waals surface area contributed by atoms with Crippen molar-refractivity contribution in [3.05, 3.63) is 19.6 Å². The predicted octanol–water partition coefficient (Wildman–Crippen LogP) is 16.9. The number of aliphatic hydroxyl groups is 1. The van der Waals surface area contributed by atoms with Crippen LogP contribution in [0.5, 0.6) is 0 Å². The summed E-state index contributed by atoms with van der Waals surface area (Å²) in [6, 6.07) is -0.890. The molecule has 3 N–H and O–H groups in total. The summed E-state index contributed by atoms with van der Waals surface area (Å²) in [6.07, 6.45) is 44.4. The second-order valence-electron chi connectivity index (χ2n) is 18.3. The van der Waals surface area contributed by atoms with Crippen LogP contribution in [0.15, 0.2) is 13.2 Å². The molecule has 0 aliphatic carbocycles. The maximum Gasteiger partial charge on any atom is 0.327 e. The summed E-state index contributed by atoms with van der Waals surface area (Å²) >= 11 is 1.37. The Kier molecular flexibility index (Phi) is 80.2. The fourth-order valence-corrected chi connectivity index (χ4v) is 7.69. The molecule has 0 saturated carbocycles. The van der Waals surface area contributed by atoms with Gasteiger partial charge in [0.2, 0.25) is 6.41 Å². The van der Waals surface area contributed by atoms with Crippen molar-refractivity contribution >= 4 is 30.1 Å². The monoisotopic (exact) mass is 1100 g/mol. The number of aliphatic carboxylic acids is 1. The first-order valence-electron chi connectivity index (χ1n) is 26.6. The Morgan fingerprint density at radius 2 is 0.922 bits per heavy atom. The van der Waals surface area contributed by atoms with E-state index in [4.69, 9.17) is 14.9 Å². The van der Waals surface area contributed by atoms with Crippen molar-refractivity contribution in [1.29, 1.82) is 0 Å². The number of aliphatic hydroxyl groups excluding tert-OH is 1. The quantitative estimate of drug-likeness (QED) is 0.0183. The number of carboxylic acid groups (broad SMARTS) is 1. The van der Waals surface area contributed by atoms with Crippen molar-refractivity contribution in [2.45, 2.75) is 274 Å². The van der Waals surface area contributed by atoms with Gasteiger partial charge in [-0.25, -0.2) is 4.79 Å². The van der Waals surface area contributed by atoms with E-state index in [0.29, 0.717) is 25.2 Å². The number of thioether (sulfide) groups is 1. The number of nitrogens with one attached hydrogen (secondary N) is 1. The average Bonchev–Trinajstić information content (AvgIpc) is 3.26. The molecule has 0 saturated heterocycles. The maximum atomic E-state index is 11.7. The zero-order valence-corrected chi connectivity index (χ0v) is 47.9. The number of hydrogen-bond acceptors (Lipinski definition) is 6. The Morgan fingerprint density at radius 3 is 1.23 bits per heavy atom. The van der Waals surface area contributed by atoms with Gasteiger partial charge in [-0.05, 0) is 37.2 Å². The summed E-state index contributed by atoms with van der Waals surface area (Å²) in [4.78, 5) is 32.8. The molecule has 0 heterocycles. The molecule has 0 aromatic heterocycles. The summed E-state index contributed by atoms with van der Waals surface area (Å²) in [6.45, 7) is 26.7. The first-order chi connectivity index (χ1) is 30.5. The van der Waals surface area contributed by atoms with Gasteiger partial charge in [-0.1, -0.05) is 249 Å². The van der Waals surface area contributed by atoms with Crippen LogP contribution in [0.3, 0.4) is 0 Å². The molecular weight excluding hydrogens is 987 g/mol. The zero-order valence-electron chi connectivity index (χ0n) is 44.2. The van der Waals surface area contributed by atoms with Gasteiger partial charge in [0.15, 0.2) is 0 Å². The molecule has 0 rings (SSSR count). The number of hydrogen-bond donors (Lipinski definition) is 3. The maximum absolute atomic E-state index is 11.7. The number of esters is 1. The summed E-state index contributed by atoms with van der Waals surface area (Å²) < 4.78 is 5.15. The Labute approximate surface area is 419 Å². The number of carbonyl (C=O) groups excluding carboxylic acids is 2. The van der Waals surface area contributed by atoms with Crippen LogP contribution in [0.2, 0.25) is 0 Å². The van der Waals surface area contributed by atoms with Crippen LogP contribution in [-0.4, -0.2) is 59.3 Å². The molecule has 0 aliphatic heterocycles. The molecule has 1 unspecified atom stereocenters. The number of ether oxygens (including phenoxy) is 1. The molecule has 0 fully saturated rings. The zero-order chi connectivity index (χ0) is 48.5. The van der Waals surface area contributed by atoms with E-state index in [1.54, 1.807) is 6.42 Å². The van der Waals surface area contributed by atoms with Gasteiger partial charge in [0.1, 0.15) is 6.04 Å². The van der Waals surface area contributed by atoms with Crippen LogP contribution in [0.25, 0.3) is 0 Å². The molecule has 0 aliphatic rings. The van der Waals surface area contributed by atoms with Gasteiger partial charge in [0.25, 0.3) is 0 Å². The number of carbonyl (C=O) groups is 3. The minimum Gasteiger partial charge on any atom is -0.499 e. The molecule has 1 atom stereocenters. The van der Waals surface area contributed by atoms with Crippen LogP contribution in [0.1, 0.15) is 268 Å². The number of rotatable bonds is 43. The van der Waals surface area contributed by atoms with Crippen molar-refractivity contribution in [3.8, 4) is 0 Å². The van der Waals surface area contributed by atoms with Crippen molar-refractivity contribution in [3.63, 3.8) is 0 Å². The Balaban J connectivity index is -0.000000204. The number of unbranched alkanes of at least 4 members (excludes halogenated alkanes) is 25. The van der Waals surface area contributed by atoms with Gasteiger partial charge >= 0.3 is 11.9 Å². The predicted molar refractivity (Wildman–Crippen MR) is 281 cm³/mol. The van der Waals surface area contributed by atoms with E-state index >= 15 is 0 Å². The third kappa shape index (κ3) is 78.3. The second-order valence-corrected chi connectivity index (χ2v) is 19.3. The molecule has 64 heavy (non-hydrogen) atoms. The van der Waals surface area contributed by atoms with Gasteiger partial charge < -0.3 is 20.3 Å². The van der Waals surface area contributed by atoms with E-state index < -0.39 is 12.0 Å². The second kappa shape index (κ2) is 68.7. The molecule has 386 valence electrons. The smallest absolute Gasteiger partial charge is 0.327 e. The molecule has 0 spiro atoms. The van der Waals surface area contributed by atoms with Crippen LogP contribution in [0.4, 0.5) is 0 Å². The van der Waals surface area contributed by atoms with E-state index in [1.807, 2.05) is 13.8 Å². The van der Waals surface area contributed by atoms with Crippen LogP contribution in [0, 0.1) is 24.2 Å². The van der Waals surface area contributed by atoms with Crippen LogP contribution >= 0.6 is 11.8 Å². The van der Waals surface area contributed by atoms with Crippen molar-refractivity contribution in [1.82, 2.24) is 5.32 Å². The molecule has 0 aromatic rings. The van der Waals surface area contributed by atoms with E-state index in [0.717, 1.165) is 37.0 Å². The van der Waals surface area contributed by atoms with Crippen LogP contribution in [-0.2, 0) is 40.2 Å². The Bertz CT molecular complexity index is 834. The molecule has 7 nitrogen and oxygen atoms in total. The Morgan fingerprint density at radius 1 is 0.594 bits per heavy atom. The topological polar surface area (TPSA) is 113 Å². The first kappa shape index (κ1) is 74.7. The van der Waals surface area contributed by atoms with E-state index in [1.165, 1.54) is 192 Å². The van der Waals surface area contributed by atoms with Crippen molar-refractivity contribution in [2.75, 3.05) is 24.7 Å². The third-order valence-corrected chi connectivity index (χ3v) is 11.7. The number of amides is 1. The first-order valence-corrected chi connectivity index (χ1v) is 27.7. The molecule has 0 bridgehead atoms. The van der Waals surface area contributed by atoms with E-state index in [9.17, 15) is 14.4 Å². The van der Waals surface area contributed by atoms with Gasteiger partial charge in [-0.3, -0.25) is 16.0 Å². The molecule has 0 radical (unpaired) electrons. The van der Waals surface area contributed by atoms with Crippen molar-refractivity contribution < 1.29 is 50.4 Å². The fourth-order valence-electron chi connectivity index (χ4n) is 6.82. The SMILES string of the molecule is C=C.CC.CC(C)CCCCCCCCCCCC(=O)OC[CH-]CSCC(NC=O)C(=O)O.CC(C)CCCCCCCCCCCO.CCCCCCCCCCCCC(C)C.[W]. The van der Waals surface area contributed by atoms with Crippen LogP contribution < -0.4 is 5.32 Å². The van der Waals surface area contributed by atoms with Gasteiger partial charge in [-0.15, -0.1) is 18.9 Å². The Hall–Kier alpha value is -0.852. The number of carboxylic acids is 1. The molecule has 0 aromatic carbocycles.